The molecule has 0 aliphatic carbocycles. The molecular formula is C12H14N4O3. The van der Waals surface area contributed by atoms with Crippen LogP contribution in [0.3, 0.4) is 0 Å². The number of hydrogen-bond acceptors (Lipinski definition) is 5. The Kier molecular flexibility index (Phi) is 3.74. The lowest BCUT2D eigenvalue weighted by molar-refractivity contribution is -0.135. The number of nitrogens with zero attached hydrogens (tertiary/aromatic N) is 2. The quantitative estimate of drug-likeness (QED) is 0.724. The predicted octanol–water partition coefficient (Wildman–Crippen LogP) is -0.388. The van der Waals surface area contributed by atoms with Crippen LogP contribution in [0.5, 0.6) is 0 Å². The Bertz CT molecular complexity index is 513. The van der Waals surface area contributed by atoms with E-state index in [0.29, 0.717) is 0 Å². The number of imide groups is 1. The number of aromatic nitrogens is 1. The number of amides is 3. The summed E-state index contributed by atoms with van der Waals surface area (Å²) in [5.74, 6) is -1.39. The molecule has 2 heterocycles. The maximum absolute atomic E-state index is 12.2. The minimum atomic E-state index is -0.479. The van der Waals surface area contributed by atoms with E-state index in [1.807, 2.05) is 6.92 Å². The molecule has 1 aliphatic rings. The summed E-state index contributed by atoms with van der Waals surface area (Å²) in [6.45, 7) is 2.41. The maximum Gasteiger partial charge on any atom is 0.273 e. The maximum atomic E-state index is 12.2. The van der Waals surface area contributed by atoms with Crippen LogP contribution in [-0.2, 0) is 9.59 Å². The van der Waals surface area contributed by atoms with Gasteiger partial charge in [0.15, 0.2) is 0 Å². The summed E-state index contributed by atoms with van der Waals surface area (Å²) in [6.07, 6.45) is 1.51. The van der Waals surface area contributed by atoms with Gasteiger partial charge in [0.25, 0.3) is 5.91 Å². The van der Waals surface area contributed by atoms with Crippen LogP contribution in [0.25, 0.3) is 0 Å². The molecule has 1 aromatic heterocycles. The van der Waals surface area contributed by atoms with E-state index >= 15 is 0 Å². The largest absolute Gasteiger partial charge is 0.385 e. The van der Waals surface area contributed by atoms with E-state index in [1.54, 1.807) is 12.1 Å². The van der Waals surface area contributed by atoms with Gasteiger partial charge in [-0.2, -0.15) is 0 Å². The van der Waals surface area contributed by atoms with Crippen LogP contribution < -0.4 is 10.6 Å². The third-order valence-electron chi connectivity index (χ3n) is 2.59. The molecule has 7 heteroatoms. The normalized spacial score (nSPS) is 15.1. The van der Waals surface area contributed by atoms with E-state index in [0.717, 1.165) is 12.2 Å². The van der Waals surface area contributed by atoms with Gasteiger partial charge in [0.2, 0.25) is 11.8 Å². The van der Waals surface area contributed by atoms with Gasteiger partial charge in [-0.25, -0.2) is 0 Å². The molecule has 100 valence electrons. The monoisotopic (exact) mass is 262 g/mol. The van der Waals surface area contributed by atoms with Crippen molar-refractivity contribution in [2.45, 2.75) is 6.92 Å². The van der Waals surface area contributed by atoms with E-state index in [4.69, 9.17) is 0 Å². The van der Waals surface area contributed by atoms with Gasteiger partial charge in [0.05, 0.1) is 0 Å². The number of piperazine rings is 1. The number of pyridine rings is 1. The zero-order valence-electron chi connectivity index (χ0n) is 10.5. The van der Waals surface area contributed by atoms with Crippen molar-refractivity contribution in [3.8, 4) is 0 Å². The molecule has 0 unspecified atom stereocenters. The Hall–Kier alpha value is -2.44. The number of anilines is 1. The van der Waals surface area contributed by atoms with Crippen LogP contribution in [-0.4, -0.2) is 47.2 Å². The van der Waals surface area contributed by atoms with E-state index in [-0.39, 0.29) is 18.8 Å². The average molecular weight is 262 g/mol. The van der Waals surface area contributed by atoms with E-state index in [1.165, 1.54) is 11.1 Å². The second-order valence-electron chi connectivity index (χ2n) is 4.09. The Morgan fingerprint density at radius 2 is 2.11 bits per heavy atom. The minimum absolute atomic E-state index is 0.127. The van der Waals surface area contributed by atoms with Gasteiger partial charge in [0.1, 0.15) is 18.8 Å². The van der Waals surface area contributed by atoms with Crippen molar-refractivity contribution < 1.29 is 14.4 Å². The highest BCUT2D eigenvalue weighted by molar-refractivity contribution is 6.05. The second-order valence-corrected chi connectivity index (χ2v) is 4.09. The number of rotatable bonds is 3. The molecule has 0 atom stereocenters. The van der Waals surface area contributed by atoms with Crippen LogP contribution in [0.2, 0.25) is 0 Å². The minimum Gasteiger partial charge on any atom is -0.385 e. The van der Waals surface area contributed by atoms with Crippen LogP contribution in [0.1, 0.15) is 17.4 Å². The molecule has 2 N–H and O–H groups in total. The summed E-state index contributed by atoms with van der Waals surface area (Å²) >= 11 is 0. The Morgan fingerprint density at radius 3 is 2.74 bits per heavy atom. The molecule has 7 nitrogen and oxygen atoms in total. The Balaban J connectivity index is 2.16. The van der Waals surface area contributed by atoms with Gasteiger partial charge >= 0.3 is 0 Å². The first-order chi connectivity index (χ1) is 9.10. The Labute approximate surface area is 110 Å². The van der Waals surface area contributed by atoms with Crippen molar-refractivity contribution >= 4 is 23.4 Å². The lowest BCUT2D eigenvalue weighted by Gasteiger charge is -2.25. The first kappa shape index (κ1) is 13.0. The van der Waals surface area contributed by atoms with Crippen molar-refractivity contribution in [1.29, 1.82) is 0 Å². The third kappa shape index (κ3) is 3.06. The highest BCUT2D eigenvalue weighted by atomic mass is 16.2. The predicted molar refractivity (Wildman–Crippen MR) is 67.5 cm³/mol. The lowest BCUT2D eigenvalue weighted by Crippen LogP contribution is -2.53. The molecule has 0 bridgehead atoms. The summed E-state index contributed by atoms with van der Waals surface area (Å²) in [5.41, 5.74) is 0.981. The van der Waals surface area contributed by atoms with Gasteiger partial charge in [0, 0.05) is 18.4 Å². The van der Waals surface area contributed by atoms with Crippen molar-refractivity contribution in [3.05, 3.63) is 24.0 Å². The molecular weight excluding hydrogens is 248 g/mol. The first-order valence-corrected chi connectivity index (χ1v) is 5.92. The van der Waals surface area contributed by atoms with Crippen molar-refractivity contribution in [2.24, 2.45) is 0 Å². The fourth-order valence-electron chi connectivity index (χ4n) is 1.80. The summed E-state index contributed by atoms with van der Waals surface area (Å²) < 4.78 is 0. The standard InChI is InChI=1S/C12H14N4O3/c1-2-13-8-3-4-14-9(5-8)12(19)16-6-10(17)15-11(18)7-16/h3-5H,2,6-7H2,1H3,(H,13,14)(H,15,17,18). The second kappa shape index (κ2) is 5.47. The summed E-state index contributed by atoms with van der Waals surface area (Å²) in [6, 6.07) is 3.34. The fraction of sp³-hybridized carbons (Fsp3) is 0.333. The van der Waals surface area contributed by atoms with E-state index in [2.05, 4.69) is 15.6 Å². The molecule has 1 aromatic rings. The summed E-state index contributed by atoms with van der Waals surface area (Å²) in [4.78, 5) is 39.8. The molecule has 0 radical (unpaired) electrons. The van der Waals surface area contributed by atoms with Gasteiger partial charge in [-0.1, -0.05) is 0 Å². The number of hydrogen-bond donors (Lipinski definition) is 2. The van der Waals surface area contributed by atoms with Gasteiger partial charge in [-0.05, 0) is 19.1 Å². The lowest BCUT2D eigenvalue weighted by atomic mass is 10.2. The number of nitrogens with one attached hydrogen (secondary N) is 2. The average Bonchev–Trinajstić information content (AvgIpc) is 2.37. The van der Waals surface area contributed by atoms with Crippen molar-refractivity contribution in [1.82, 2.24) is 15.2 Å². The van der Waals surface area contributed by atoms with Crippen LogP contribution >= 0.6 is 0 Å². The van der Waals surface area contributed by atoms with Crippen LogP contribution in [0.4, 0.5) is 5.69 Å². The van der Waals surface area contributed by atoms with Gasteiger partial charge in [-0.15, -0.1) is 0 Å². The molecule has 2 rings (SSSR count). The number of carbonyl (C=O) groups excluding carboxylic acids is 3. The van der Waals surface area contributed by atoms with Crippen LogP contribution in [0, 0.1) is 0 Å². The van der Waals surface area contributed by atoms with Crippen molar-refractivity contribution in [2.75, 3.05) is 25.0 Å². The molecule has 0 saturated carbocycles. The topological polar surface area (TPSA) is 91.4 Å². The number of carbonyl (C=O) groups is 3. The molecule has 0 aromatic carbocycles. The zero-order chi connectivity index (χ0) is 13.8. The zero-order valence-corrected chi connectivity index (χ0v) is 10.5. The molecule has 0 spiro atoms. The summed E-state index contributed by atoms with van der Waals surface area (Å²) in [7, 11) is 0. The smallest absolute Gasteiger partial charge is 0.273 e. The van der Waals surface area contributed by atoms with E-state index in [9.17, 15) is 14.4 Å². The Morgan fingerprint density at radius 1 is 1.42 bits per heavy atom. The molecule has 3 amide bonds. The molecule has 19 heavy (non-hydrogen) atoms. The van der Waals surface area contributed by atoms with Crippen LogP contribution in [0.15, 0.2) is 18.3 Å². The molecule has 1 aliphatic heterocycles. The van der Waals surface area contributed by atoms with E-state index < -0.39 is 17.7 Å². The summed E-state index contributed by atoms with van der Waals surface area (Å²) in [5, 5.41) is 5.21. The molecule has 1 fully saturated rings. The first-order valence-electron chi connectivity index (χ1n) is 5.92. The third-order valence-corrected chi connectivity index (χ3v) is 2.59. The van der Waals surface area contributed by atoms with Gasteiger partial charge < -0.3 is 10.2 Å². The van der Waals surface area contributed by atoms with Crippen molar-refractivity contribution in [3.63, 3.8) is 0 Å². The highest BCUT2D eigenvalue weighted by Crippen LogP contribution is 2.10. The van der Waals surface area contributed by atoms with Gasteiger partial charge in [-0.3, -0.25) is 24.7 Å². The SMILES string of the molecule is CCNc1ccnc(C(=O)N2CC(=O)NC(=O)C2)c1. The highest BCUT2D eigenvalue weighted by Gasteiger charge is 2.27. The fourth-order valence-corrected chi connectivity index (χ4v) is 1.80. The molecule has 1 saturated heterocycles.